The van der Waals surface area contributed by atoms with E-state index in [1.54, 1.807) is 13.2 Å². The number of aryl methyl sites for hydroxylation is 2. The number of ether oxygens (including phenoxy) is 1. The molecule has 0 spiro atoms. The summed E-state index contributed by atoms with van der Waals surface area (Å²) in [5, 5.41) is 0. The van der Waals surface area contributed by atoms with Gasteiger partial charge < -0.3 is 9.30 Å². The lowest BCUT2D eigenvalue weighted by Crippen LogP contribution is -2.05. The van der Waals surface area contributed by atoms with E-state index in [1.165, 1.54) is 6.07 Å². The third-order valence-electron chi connectivity index (χ3n) is 3.36. The SMILES string of the molecule is COCCCCCn1c(CCCl)nc2c(F)cccc21. The van der Waals surface area contributed by atoms with Gasteiger partial charge in [0.15, 0.2) is 5.82 Å². The van der Waals surface area contributed by atoms with Crippen LogP contribution in [0.1, 0.15) is 25.1 Å². The predicted octanol–water partition coefficient (Wildman–Crippen LogP) is 3.77. The number of para-hydroxylation sites is 1. The van der Waals surface area contributed by atoms with Crippen molar-refractivity contribution in [2.45, 2.75) is 32.2 Å². The fourth-order valence-corrected chi connectivity index (χ4v) is 2.55. The Labute approximate surface area is 123 Å². The van der Waals surface area contributed by atoms with Gasteiger partial charge in [-0.05, 0) is 31.4 Å². The van der Waals surface area contributed by atoms with E-state index in [1.807, 2.05) is 6.07 Å². The van der Waals surface area contributed by atoms with E-state index in [9.17, 15) is 4.39 Å². The van der Waals surface area contributed by atoms with Crippen LogP contribution in [0.15, 0.2) is 18.2 Å². The first-order chi connectivity index (χ1) is 9.77. The number of unbranched alkanes of at least 4 members (excludes halogenated alkanes) is 2. The number of halogens is 2. The van der Waals surface area contributed by atoms with Gasteiger partial charge in [-0.2, -0.15) is 0 Å². The van der Waals surface area contributed by atoms with Crippen LogP contribution in [-0.2, 0) is 17.7 Å². The molecule has 0 amide bonds. The number of fused-ring (bicyclic) bond motifs is 1. The van der Waals surface area contributed by atoms with Crippen LogP contribution in [0.3, 0.4) is 0 Å². The van der Waals surface area contributed by atoms with Gasteiger partial charge in [0.2, 0.25) is 0 Å². The molecule has 0 fully saturated rings. The van der Waals surface area contributed by atoms with Crippen molar-refractivity contribution in [1.29, 1.82) is 0 Å². The fourth-order valence-electron chi connectivity index (χ4n) is 2.38. The summed E-state index contributed by atoms with van der Waals surface area (Å²) in [5.74, 6) is 1.09. The Bertz CT molecular complexity index is 556. The molecule has 2 aromatic rings. The molecular formula is C15H20ClFN2O. The molecule has 0 N–H and O–H groups in total. The lowest BCUT2D eigenvalue weighted by atomic mass is 10.2. The zero-order chi connectivity index (χ0) is 14.4. The van der Waals surface area contributed by atoms with Crippen LogP contribution in [0.2, 0.25) is 0 Å². The van der Waals surface area contributed by atoms with Crippen molar-refractivity contribution in [3.63, 3.8) is 0 Å². The van der Waals surface area contributed by atoms with Gasteiger partial charge in [-0.25, -0.2) is 9.37 Å². The van der Waals surface area contributed by atoms with Crippen LogP contribution in [0.4, 0.5) is 4.39 Å². The fraction of sp³-hybridized carbons (Fsp3) is 0.533. The monoisotopic (exact) mass is 298 g/mol. The lowest BCUT2D eigenvalue weighted by molar-refractivity contribution is 0.191. The maximum atomic E-state index is 13.8. The van der Waals surface area contributed by atoms with Gasteiger partial charge in [0.05, 0.1) is 5.52 Å². The topological polar surface area (TPSA) is 27.1 Å². The summed E-state index contributed by atoms with van der Waals surface area (Å²) in [4.78, 5) is 4.40. The standard InChI is InChI=1S/C15H20ClFN2O/c1-20-11-4-2-3-10-19-13-7-5-6-12(17)15(13)18-14(19)8-9-16/h5-7H,2-4,8-11H2,1H3. The highest BCUT2D eigenvalue weighted by Crippen LogP contribution is 2.20. The average Bonchev–Trinajstić information content (AvgIpc) is 2.79. The van der Waals surface area contributed by atoms with Crippen molar-refractivity contribution < 1.29 is 9.13 Å². The smallest absolute Gasteiger partial charge is 0.151 e. The number of nitrogens with zero attached hydrogens (tertiary/aromatic N) is 2. The highest BCUT2D eigenvalue weighted by Gasteiger charge is 2.12. The first-order valence-electron chi connectivity index (χ1n) is 6.96. The molecule has 0 saturated carbocycles. The highest BCUT2D eigenvalue weighted by molar-refractivity contribution is 6.17. The van der Waals surface area contributed by atoms with Crippen molar-refractivity contribution in [2.24, 2.45) is 0 Å². The van der Waals surface area contributed by atoms with Crippen molar-refractivity contribution >= 4 is 22.6 Å². The molecule has 2 rings (SSSR count). The van der Waals surface area contributed by atoms with E-state index in [0.29, 0.717) is 17.8 Å². The summed E-state index contributed by atoms with van der Waals surface area (Å²) in [7, 11) is 1.71. The summed E-state index contributed by atoms with van der Waals surface area (Å²) in [6, 6.07) is 5.09. The Morgan fingerprint density at radius 1 is 1.30 bits per heavy atom. The number of methoxy groups -OCH3 is 1. The number of hydrogen-bond donors (Lipinski definition) is 0. The molecule has 3 nitrogen and oxygen atoms in total. The van der Waals surface area contributed by atoms with Gasteiger partial charge >= 0.3 is 0 Å². The highest BCUT2D eigenvalue weighted by atomic mass is 35.5. The van der Waals surface area contributed by atoms with Gasteiger partial charge in [-0.15, -0.1) is 11.6 Å². The molecule has 5 heteroatoms. The maximum Gasteiger partial charge on any atom is 0.151 e. The molecule has 1 aromatic carbocycles. The molecule has 0 aliphatic carbocycles. The number of imidazole rings is 1. The van der Waals surface area contributed by atoms with Crippen molar-refractivity contribution in [2.75, 3.05) is 19.6 Å². The summed E-state index contributed by atoms with van der Waals surface area (Å²) in [5.41, 5.74) is 1.31. The maximum absolute atomic E-state index is 13.8. The minimum atomic E-state index is -0.267. The molecule has 20 heavy (non-hydrogen) atoms. The Hall–Kier alpha value is -1.13. The molecule has 110 valence electrons. The van der Waals surface area contributed by atoms with Gasteiger partial charge in [-0.1, -0.05) is 6.07 Å². The van der Waals surface area contributed by atoms with E-state index >= 15 is 0 Å². The molecular weight excluding hydrogens is 279 g/mol. The van der Waals surface area contributed by atoms with Gasteiger partial charge in [-0.3, -0.25) is 0 Å². The van der Waals surface area contributed by atoms with Crippen molar-refractivity contribution in [3.05, 3.63) is 29.8 Å². The van der Waals surface area contributed by atoms with Crippen molar-refractivity contribution in [1.82, 2.24) is 9.55 Å². The minimum absolute atomic E-state index is 0.267. The number of rotatable bonds is 8. The molecule has 0 saturated heterocycles. The Kier molecular flexibility index (Phi) is 5.80. The van der Waals surface area contributed by atoms with Gasteiger partial charge in [0, 0.05) is 32.6 Å². The van der Waals surface area contributed by atoms with E-state index in [0.717, 1.165) is 43.8 Å². The molecule has 0 aliphatic rings. The normalized spacial score (nSPS) is 11.3. The first-order valence-corrected chi connectivity index (χ1v) is 7.50. The molecule has 0 radical (unpaired) electrons. The second-order valence-electron chi connectivity index (χ2n) is 4.78. The molecule has 1 aromatic heterocycles. The summed E-state index contributed by atoms with van der Waals surface area (Å²) >= 11 is 5.81. The predicted molar refractivity (Wildman–Crippen MR) is 79.8 cm³/mol. The number of benzene rings is 1. The van der Waals surface area contributed by atoms with Crippen LogP contribution in [0, 0.1) is 5.82 Å². The van der Waals surface area contributed by atoms with Crippen LogP contribution in [-0.4, -0.2) is 29.1 Å². The molecule has 0 atom stereocenters. The van der Waals surface area contributed by atoms with Crippen LogP contribution < -0.4 is 0 Å². The summed E-state index contributed by atoms with van der Waals surface area (Å²) in [6.07, 6.45) is 3.82. The molecule has 0 bridgehead atoms. The van der Waals surface area contributed by atoms with E-state index < -0.39 is 0 Å². The molecule has 0 aliphatic heterocycles. The van der Waals surface area contributed by atoms with Crippen LogP contribution >= 0.6 is 11.6 Å². The largest absolute Gasteiger partial charge is 0.385 e. The third-order valence-corrected chi connectivity index (χ3v) is 3.55. The van der Waals surface area contributed by atoms with E-state index in [4.69, 9.17) is 16.3 Å². The van der Waals surface area contributed by atoms with Crippen LogP contribution in [0.25, 0.3) is 11.0 Å². The van der Waals surface area contributed by atoms with Gasteiger partial charge in [0.25, 0.3) is 0 Å². The molecule has 0 unspecified atom stereocenters. The Morgan fingerprint density at radius 3 is 2.90 bits per heavy atom. The van der Waals surface area contributed by atoms with E-state index in [-0.39, 0.29) is 5.82 Å². The number of hydrogen-bond acceptors (Lipinski definition) is 2. The van der Waals surface area contributed by atoms with Crippen LogP contribution in [0.5, 0.6) is 0 Å². The van der Waals surface area contributed by atoms with Gasteiger partial charge in [0.1, 0.15) is 11.3 Å². The quantitative estimate of drug-likeness (QED) is 0.548. The second-order valence-corrected chi connectivity index (χ2v) is 5.16. The average molecular weight is 299 g/mol. The third kappa shape index (κ3) is 3.49. The zero-order valence-electron chi connectivity index (χ0n) is 11.7. The zero-order valence-corrected chi connectivity index (χ0v) is 12.5. The second kappa shape index (κ2) is 7.60. The molecule has 1 heterocycles. The Balaban J connectivity index is 2.16. The number of aromatic nitrogens is 2. The lowest BCUT2D eigenvalue weighted by Gasteiger charge is -2.08. The number of alkyl halides is 1. The summed E-state index contributed by atoms with van der Waals surface area (Å²) < 4.78 is 20.9. The first kappa shape index (κ1) is 15.3. The minimum Gasteiger partial charge on any atom is -0.385 e. The summed E-state index contributed by atoms with van der Waals surface area (Å²) in [6.45, 7) is 1.63. The van der Waals surface area contributed by atoms with E-state index in [2.05, 4.69) is 9.55 Å². The van der Waals surface area contributed by atoms with Crippen molar-refractivity contribution in [3.8, 4) is 0 Å². The Morgan fingerprint density at radius 2 is 2.15 bits per heavy atom.